The molecule has 1 aromatic heterocycles. The zero-order valence-corrected chi connectivity index (χ0v) is 14.4. The number of benzene rings is 2. The number of aryl methyl sites for hydroxylation is 1. The van der Waals surface area contributed by atoms with Gasteiger partial charge in [-0.25, -0.2) is 4.79 Å². The van der Waals surface area contributed by atoms with E-state index in [2.05, 4.69) is 5.32 Å². The zero-order valence-electron chi connectivity index (χ0n) is 14.4. The van der Waals surface area contributed by atoms with E-state index in [4.69, 9.17) is 9.15 Å². The molecule has 1 amide bonds. The van der Waals surface area contributed by atoms with Crippen molar-refractivity contribution in [3.8, 4) is 5.75 Å². The van der Waals surface area contributed by atoms with Gasteiger partial charge >= 0.3 is 5.76 Å². The van der Waals surface area contributed by atoms with E-state index >= 15 is 0 Å². The fourth-order valence-corrected chi connectivity index (χ4v) is 2.59. The van der Waals surface area contributed by atoms with Gasteiger partial charge in [0.1, 0.15) is 5.75 Å². The molecule has 0 saturated carbocycles. The number of anilines is 1. The number of ether oxygens (including phenoxy) is 1. The average molecular weight is 340 g/mol. The van der Waals surface area contributed by atoms with Crippen LogP contribution in [-0.2, 0) is 18.3 Å². The number of fused-ring (bicyclic) bond motifs is 1. The Kier molecular flexibility index (Phi) is 4.61. The fourth-order valence-electron chi connectivity index (χ4n) is 2.59. The Labute approximate surface area is 145 Å². The summed E-state index contributed by atoms with van der Waals surface area (Å²) in [5.74, 6) is 0.0579. The minimum Gasteiger partial charge on any atom is -0.489 e. The van der Waals surface area contributed by atoms with Crippen molar-refractivity contribution in [2.24, 2.45) is 7.05 Å². The zero-order chi connectivity index (χ0) is 18.0. The van der Waals surface area contributed by atoms with Gasteiger partial charge < -0.3 is 14.5 Å². The number of oxazole rings is 1. The van der Waals surface area contributed by atoms with Crippen LogP contribution in [0, 0.1) is 0 Å². The van der Waals surface area contributed by atoms with Crippen LogP contribution in [0.5, 0.6) is 5.75 Å². The van der Waals surface area contributed by atoms with Crippen molar-refractivity contribution >= 4 is 22.7 Å². The highest BCUT2D eigenvalue weighted by atomic mass is 16.5. The molecule has 0 spiro atoms. The maximum absolute atomic E-state index is 12.4. The molecule has 0 atom stereocenters. The van der Waals surface area contributed by atoms with Gasteiger partial charge in [-0.05, 0) is 43.7 Å². The Bertz CT molecular complexity index is 969. The van der Waals surface area contributed by atoms with Gasteiger partial charge in [0, 0.05) is 7.05 Å². The van der Waals surface area contributed by atoms with Crippen LogP contribution in [0.2, 0.25) is 0 Å². The molecular formula is C19H20N2O4. The van der Waals surface area contributed by atoms with E-state index < -0.39 is 5.76 Å². The predicted molar refractivity (Wildman–Crippen MR) is 96.0 cm³/mol. The second-order valence-electron chi connectivity index (χ2n) is 6.12. The van der Waals surface area contributed by atoms with E-state index in [1.165, 1.54) is 4.57 Å². The highest BCUT2D eigenvalue weighted by molar-refractivity contribution is 5.94. The van der Waals surface area contributed by atoms with E-state index in [0.717, 1.165) is 5.56 Å². The third-order valence-corrected chi connectivity index (χ3v) is 3.74. The largest absolute Gasteiger partial charge is 0.489 e. The van der Waals surface area contributed by atoms with Crippen LogP contribution in [0.3, 0.4) is 0 Å². The lowest BCUT2D eigenvalue weighted by Gasteiger charge is -2.14. The lowest BCUT2D eigenvalue weighted by molar-refractivity contribution is -0.115. The maximum atomic E-state index is 12.4. The average Bonchev–Trinajstić information content (AvgIpc) is 2.84. The molecule has 0 aliphatic heterocycles. The fraction of sp³-hybridized carbons (Fsp3) is 0.263. The second-order valence-corrected chi connectivity index (χ2v) is 6.12. The van der Waals surface area contributed by atoms with Crippen LogP contribution in [0.15, 0.2) is 51.7 Å². The molecule has 0 fully saturated rings. The van der Waals surface area contributed by atoms with Crippen LogP contribution in [0.25, 0.3) is 11.1 Å². The first-order chi connectivity index (χ1) is 11.9. The first-order valence-electron chi connectivity index (χ1n) is 8.08. The number of carbonyl (C=O) groups is 1. The Hall–Kier alpha value is -3.02. The van der Waals surface area contributed by atoms with Gasteiger partial charge in [0.25, 0.3) is 0 Å². The van der Waals surface area contributed by atoms with Crippen molar-refractivity contribution in [3.05, 3.63) is 58.6 Å². The molecule has 0 aliphatic carbocycles. The van der Waals surface area contributed by atoms with Gasteiger partial charge in [-0.2, -0.15) is 0 Å². The summed E-state index contributed by atoms with van der Waals surface area (Å²) in [6, 6.07) is 12.6. The molecule has 0 unspecified atom stereocenters. The molecule has 3 rings (SSSR count). The molecule has 1 N–H and O–H groups in total. The van der Waals surface area contributed by atoms with Gasteiger partial charge in [-0.15, -0.1) is 0 Å². The minimum atomic E-state index is -0.420. The Morgan fingerprint density at radius 2 is 2.00 bits per heavy atom. The van der Waals surface area contributed by atoms with Crippen LogP contribution >= 0.6 is 0 Å². The lowest BCUT2D eigenvalue weighted by Crippen LogP contribution is -2.16. The van der Waals surface area contributed by atoms with E-state index in [1.54, 1.807) is 31.3 Å². The van der Waals surface area contributed by atoms with Gasteiger partial charge in [-0.3, -0.25) is 9.36 Å². The second kappa shape index (κ2) is 6.84. The number of para-hydroxylation sites is 2. The number of aromatic nitrogens is 1. The Morgan fingerprint density at radius 1 is 1.24 bits per heavy atom. The van der Waals surface area contributed by atoms with Crippen molar-refractivity contribution in [1.82, 2.24) is 4.57 Å². The maximum Gasteiger partial charge on any atom is 0.419 e. The molecule has 0 radical (unpaired) electrons. The molecule has 6 heteroatoms. The molecule has 3 aromatic rings. The van der Waals surface area contributed by atoms with Gasteiger partial charge in [0.2, 0.25) is 5.91 Å². The Morgan fingerprint density at radius 3 is 2.76 bits per heavy atom. The van der Waals surface area contributed by atoms with E-state index in [0.29, 0.717) is 22.5 Å². The quantitative estimate of drug-likeness (QED) is 0.774. The topological polar surface area (TPSA) is 73.5 Å². The Balaban J connectivity index is 1.77. The summed E-state index contributed by atoms with van der Waals surface area (Å²) in [4.78, 5) is 23.9. The number of amides is 1. The molecule has 0 saturated heterocycles. The molecule has 0 aliphatic rings. The van der Waals surface area contributed by atoms with E-state index in [-0.39, 0.29) is 18.4 Å². The van der Waals surface area contributed by atoms with Crippen molar-refractivity contribution < 1.29 is 13.9 Å². The first kappa shape index (κ1) is 16.8. The molecular weight excluding hydrogens is 320 g/mol. The third kappa shape index (κ3) is 3.74. The number of nitrogens with zero attached hydrogens (tertiary/aromatic N) is 1. The van der Waals surface area contributed by atoms with Crippen molar-refractivity contribution in [2.75, 3.05) is 5.32 Å². The molecule has 6 nitrogen and oxygen atoms in total. The van der Waals surface area contributed by atoms with Gasteiger partial charge in [0.05, 0.1) is 23.7 Å². The summed E-state index contributed by atoms with van der Waals surface area (Å²) in [5, 5.41) is 2.88. The number of hydrogen-bond donors (Lipinski definition) is 1. The van der Waals surface area contributed by atoms with Crippen molar-refractivity contribution in [3.63, 3.8) is 0 Å². The minimum absolute atomic E-state index is 0.0165. The van der Waals surface area contributed by atoms with Crippen molar-refractivity contribution in [2.45, 2.75) is 26.4 Å². The van der Waals surface area contributed by atoms with E-state index in [1.807, 2.05) is 32.0 Å². The summed E-state index contributed by atoms with van der Waals surface area (Å²) in [6.45, 7) is 3.87. The SMILES string of the molecule is CC(C)Oc1ccccc1NC(=O)Cc1ccc2oc(=O)n(C)c2c1. The van der Waals surface area contributed by atoms with Crippen LogP contribution in [-0.4, -0.2) is 16.6 Å². The van der Waals surface area contributed by atoms with Crippen LogP contribution < -0.4 is 15.8 Å². The molecule has 25 heavy (non-hydrogen) atoms. The summed E-state index contributed by atoms with van der Waals surface area (Å²) in [7, 11) is 1.64. The number of hydrogen-bond acceptors (Lipinski definition) is 4. The molecule has 2 aromatic carbocycles. The number of carbonyl (C=O) groups excluding carboxylic acids is 1. The normalized spacial score (nSPS) is 11.0. The molecule has 0 bridgehead atoms. The van der Waals surface area contributed by atoms with Gasteiger partial charge in [0.15, 0.2) is 5.58 Å². The molecule has 1 heterocycles. The van der Waals surface area contributed by atoms with Crippen LogP contribution in [0.1, 0.15) is 19.4 Å². The highest BCUT2D eigenvalue weighted by Crippen LogP contribution is 2.25. The van der Waals surface area contributed by atoms with Crippen molar-refractivity contribution in [1.29, 1.82) is 0 Å². The first-order valence-corrected chi connectivity index (χ1v) is 8.08. The molecule has 130 valence electrons. The van der Waals surface area contributed by atoms with Gasteiger partial charge in [-0.1, -0.05) is 18.2 Å². The summed E-state index contributed by atoms with van der Waals surface area (Å²) >= 11 is 0. The van der Waals surface area contributed by atoms with Crippen LogP contribution in [0.4, 0.5) is 5.69 Å². The standard InChI is InChI=1S/C19H20N2O4/c1-12(2)24-16-7-5-4-6-14(16)20-18(22)11-13-8-9-17-15(10-13)21(3)19(23)25-17/h4-10,12H,11H2,1-3H3,(H,20,22). The summed E-state index contributed by atoms with van der Waals surface area (Å²) in [6.07, 6.45) is 0.202. The van der Waals surface area contributed by atoms with E-state index in [9.17, 15) is 9.59 Å². The highest BCUT2D eigenvalue weighted by Gasteiger charge is 2.11. The lowest BCUT2D eigenvalue weighted by atomic mass is 10.1. The number of nitrogens with one attached hydrogen (secondary N) is 1. The predicted octanol–water partition coefficient (Wildman–Crippen LogP) is 3.10. The monoisotopic (exact) mass is 340 g/mol. The smallest absolute Gasteiger partial charge is 0.419 e. The third-order valence-electron chi connectivity index (χ3n) is 3.74. The number of rotatable bonds is 5. The summed E-state index contributed by atoms with van der Waals surface area (Å²) < 4.78 is 12.2. The summed E-state index contributed by atoms with van der Waals surface area (Å²) in [5.41, 5.74) is 2.60.